The van der Waals surface area contributed by atoms with Crippen LogP contribution in [0.15, 0.2) is 60.7 Å². The molecule has 330 valence electrons. The lowest BCUT2D eigenvalue weighted by molar-refractivity contribution is -0.122. The van der Waals surface area contributed by atoms with Gasteiger partial charge in [0.25, 0.3) is 0 Å². The van der Waals surface area contributed by atoms with Crippen molar-refractivity contribution in [2.45, 2.75) is 83.9 Å². The van der Waals surface area contributed by atoms with Gasteiger partial charge in [0.05, 0.1) is 6.04 Å². The minimum absolute atomic E-state index is 0.193. The fourth-order valence-corrected chi connectivity index (χ4v) is 9.67. The van der Waals surface area contributed by atoms with Crippen LogP contribution in [0.5, 0.6) is 0 Å². The SMILES string of the molecule is CC(C)(C)OC(=O)N1CCN(C(C(=O)Nc2nnc(CCSCCc3nnc(NC(O)C(c4ccccc4)N4CCN(C(=O)OC(C)(C)C)CC4)s3)s2)c2ccccc2)CC1. The first kappa shape index (κ1) is 46.1. The van der Waals surface area contributed by atoms with Crippen LogP contribution in [0, 0.1) is 0 Å². The number of nitrogens with one attached hydrogen (secondary N) is 2. The van der Waals surface area contributed by atoms with Gasteiger partial charge in [0, 0.05) is 65.2 Å². The molecule has 19 heteroatoms. The summed E-state index contributed by atoms with van der Waals surface area (Å²) in [4.78, 5) is 46.8. The average molecular weight is 895 g/mol. The standard InChI is InChI=1S/C42H58N10O6S3/c1-41(2,3)57-39(55)51-23-19-49(20-24-51)33(29-13-9-7-10-14-29)35(53)43-37-47-45-31(60-37)17-27-59-28-18-32-46-48-38(61-32)44-36(54)34(30-15-11-8-12-16-30)50-21-25-52(26-22-50)40(56)58-42(4,5)6/h7-16,33-35,53H,17-28H2,1-6H3,(H,43,47)(H,44,48,54). The van der Waals surface area contributed by atoms with Crippen molar-refractivity contribution in [1.29, 1.82) is 0 Å². The van der Waals surface area contributed by atoms with Crippen LogP contribution in [0.4, 0.5) is 19.9 Å². The number of thioether (sulfide) groups is 1. The lowest BCUT2D eigenvalue weighted by Crippen LogP contribution is -2.53. The van der Waals surface area contributed by atoms with Gasteiger partial charge >= 0.3 is 12.2 Å². The summed E-state index contributed by atoms with van der Waals surface area (Å²) in [6, 6.07) is 18.6. The van der Waals surface area contributed by atoms with Crippen molar-refractivity contribution >= 4 is 62.8 Å². The predicted octanol–water partition coefficient (Wildman–Crippen LogP) is 6.16. The molecule has 2 aromatic heterocycles. The summed E-state index contributed by atoms with van der Waals surface area (Å²) in [5.74, 6) is 1.45. The number of carbonyl (C=O) groups excluding carboxylic acids is 3. The zero-order chi connectivity index (χ0) is 43.6. The van der Waals surface area contributed by atoms with Crippen LogP contribution in [0.25, 0.3) is 0 Å². The molecular weight excluding hydrogens is 837 g/mol. The van der Waals surface area contributed by atoms with Crippen LogP contribution in [-0.2, 0) is 27.1 Å². The number of aliphatic hydroxyl groups is 1. The van der Waals surface area contributed by atoms with E-state index in [1.165, 1.54) is 22.7 Å². The van der Waals surface area contributed by atoms with E-state index in [1.54, 1.807) is 21.6 Å². The average Bonchev–Trinajstić information content (AvgIpc) is 3.86. The number of amides is 3. The molecule has 2 aromatic carbocycles. The van der Waals surface area contributed by atoms with Gasteiger partial charge in [-0.2, -0.15) is 11.8 Å². The molecular formula is C42H58N10O6S3. The molecule has 16 nitrogen and oxygen atoms in total. The summed E-state index contributed by atoms with van der Waals surface area (Å²) in [6.45, 7) is 15.2. The molecule has 0 aliphatic carbocycles. The number of ether oxygens (including phenoxy) is 2. The Morgan fingerprint density at radius 2 is 1.13 bits per heavy atom. The number of anilines is 2. The van der Waals surface area contributed by atoms with Crippen molar-refractivity contribution in [3.63, 3.8) is 0 Å². The molecule has 61 heavy (non-hydrogen) atoms. The first-order valence-corrected chi connectivity index (χ1v) is 23.4. The van der Waals surface area contributed by atoms with E-state index in [9.17, 15) is 19.5 Å². The maximum absolute atomic E-state index is 13.8. The molecule has 2 aliphatic rings. The van der Waals surface area contributed by atoms with Gasteiger partial charge < -0.3 is 29.7 Å². The number of aryl methyl sites for hydroxylation is 2. The molecule has 0 bridgehead atoms. The Bertz CT molecular complexity index is 2010. The monoisotopic (exact) mass is 894 g/mol. The minimum Gasteiger partial charge on any atom is -0.444 e. The normalized spacial score (nSPS) is 17.0. The van der Waals surface area contributed by atoms with E-state index in [2.05, 4.69) is 40.8 Å². The Morgan fingerprint density at radius 1 is 0.672 bits per heavy atom. The van der Waals surface area contributed by atoms with E-state index >= 15 is 0 Å². The Kier molecular flexibility index (Phi) is 16.0. The maximum atomic E-state index is 13.8. The Labute approximate surface area is 370 Å². The molecule has 3 unspecified atom stereocenters. The quantitative estimate of drug-likeness (QED) is 0.0913. The van der Waals surface area contributed by atoms with Crippen LogP contribution in [0.2, 0.25) is 0 Å². The molecule has 3 amide bonds. The second-order valence-corrected chi connectivity index (χ2v) is 20.2. The number of carbonyl (C=O) groups is 3. The van der Waals surface area contributed by atoms with Crippen molar-refractivity contribution in [3.8, 4) is 0 Å². The third-order valence-electron chi connectivity index (χ3n) is 9.85. The number of nitrogens with zero attached hydrogens (tertiary/aromatic N) is 8. The highest BCUT2D eigenvalue weighted by atomic mass is 32.2. The summed E-state index contributed by atoms with van der Waals surface area (Å²) in [5, 5.41) is 37.7. The van der Waals surface area contributed by atoms with E-state index < -0.39 is 23.5 Å². The molecule has 0 radical (unpaired) electrons. The van der Waals surface area contributed by atoms with E-state index in [-0.39, 0.29) is 24.1 Å². The van der Waals surface area contributed by atoms with Crippen LogP contribution in [0.3, 0.4) is 0 Å². The zero-order valence-corrected chi connectivity index (χ0v) is 38.2. The van der Waals surface area contributed by atoms with Gasteiger partial charge in [-0.15, -0.1) is 20.4 Å². The number of rotatable bonds is 15. The highest BCUT2D eigenvalue weighted by molar-refractivity contribution is 7.99. The summed E-state index contributed by atoms with van der Waals surface area (Å²) in [6.07, 6.45) is -0.201. The number of benzene rings is 2. The van der Waals surface area contributed by atoms with Crippen LogP contribution in [-0.4, -0.2) is 144 Å². The fraction of sp³-hybridized carbons (Fsp3) is 0.548. The molecule has 4 aromatic rings. The van der Waals surface area contributed by atoms with Gasteiger partial charge in [0.15, 0.2) is 0 Å². The molecule has 6 rings (SSSR count). The van der Waals surface area contributed by atoms with E-state index in [0.29, 0.717) is 69.0 Å². The maximum Gasteiger partial charge on any atom is 0.410 e. The van der Waals surface area contributed by atoms with Crippen LogP contribution >= 0.6 is 34.4 Å². The van der Waals surface area contributed by atoms with E-state index in [4.69, 9.17) is 9.47 Å². The Balaban J connectivity index is 0.947. The lowest BCUT2D eigenvalue weighted by atomic mass is 10.0. The van der Waals surface area contributed by atoms with Crippen molar-refractivity contribution in [2.75, 3.05) is 74.5 Å². The molecule has 0 saturated carbocycles. The third kappa shape index (κ3) is 13.8. The number of piperazine rings is 2. The van der Waals surface area contributed by atoms with E-state index in [1.807, 2.05) is 102 Å². The first-order valence-electron chi connectivity index (χ1n) is 20.6. The minimum atomic E-state index is -0.960. The first-order chi connectivity index (χ1) is 29.1. The summed E-state index contributed by atoms with van der Waals surface area (Å²) >= 11 is 4.57. The highest BCUT2D eigenvalue weighted by Crippen LogP contribution is 2.30. The largest absolute Gasteiger partial charge is 0.444 e. The van der Waals surface area contributed by atoms with Gasteiger partial charge in [0.2, 0.25) is 16.2 Å². The van der Waals surface area contributed by atoms with Gasteiger partial charge in [0.1, 0.15) is 33.5 Å². The van der Waals surface area contributed by atoms with E-state index in [0.717, 1.165) is 39.1 Å². The summed E-state index contributed by atoms with van der Waals surface area (Å²) in [7, 11) is 0. The van der Waals surface area contributed by atoms with Crippen molar-refractivity contribution in [1.82, 2.24) is 40.0 Å². The Hall–Kier alpha value is -4.40. The number of aromatic nitrogens is 4. The molecule has 2 saturated heterocycles. The van der Waals surface area contributed by atoms with Gasteiger partial charge in [-0.25, -0.2) is 9.59 Å². The molecule has 2 fully saturated rings. The molecule has 0 spiro atoms. The summed E-state index contributed by atoms with van der Waals surface area (Å²) < 4.78 is 11.1. The van der Waals surface area contributed by atoms with Crippen molar-refractivity contribution in [3.05, 3.63) is 81.8 Å². The van der Waals surface area contributed by atoms with Crippen LogP contribution < -0.4 is 10.6 Å². The highest BCUT2D eigenvalue weighted by Gasteiger charge is 2.35. The third-order valence-corrected chi connectivity index (χ3v) is 12.6. The molecule has 2 aliphatic heterocycles. The van der Waals surface area contributed by atoms with Crippen LogP contribution in [0.1, 0.15) is 74.8 Å². The lowest BCUT2D eigenvalue weighted by Gasteiger charge is -2.41. The Morgan fingerprint density at radius 3 is 1.64 bits per heavy atom. The molecule has 3 atom stereocenters. The van der Waals surface area contributed by atoms with Gasteiger partial charge in [-0.3, -0.25) is 19.9 Å². The van der Waals surface area contributed by atoms with Gasteiger partial charge in [-0.1, -0.05) is 83.3 Å². The van der Waals surface area contributed by atoms with Crippen molar-refractivity contribution in [2.24, 2.45) is 0 Å². The zero-order valence-electron chi connectivity index (χ0n) is 35.8. The molecule has 3 N–H and O–H groups in total. The fourth-order valence-electron chi connectivity index (χ4n) is 7.02. The predicted molar refractivity (Wildman–Crippen MR) is 240 cm³/mol. The van der Waals surface area contributed by atoms with Gasteiger partial charge in [-0.05, 0) is 64.2 Å². The summed E-state index contributed by atoms with van der Waals surface area (Å²) in [5.41, 5.74) is 0.690. The number of aliphatic hydroxyl groups excluding tert-OH is 1. The number of hydrogen-bond acceptors (Lipinski definition) is 16. The topological polar surface area (TPSA) is 178 Å². The molecule has 4 heterocycles. The second-order valence-electron chi connectivity index (χ2n) is 16.9. The number of hydrogen-bond donors (Lipinski definition) is 3. The van der Waals surface area contributed by atoms with Crippen molar-refractivity contribution < 1.29 is 29.0 Å². The smallest absolute Gasteiger partial charge is 0.410 e. The second kappa shape index (κ2) is 21.1.